The zero-order valence-corrected chi connectivity index (χ0v) is 20.4. The molecule has 0 bridgehead atoms. The number of carbonyl (C=O) groups is 1. The molecule has 184 valence electrons. The molecule has 0 unspecified atom stereocenters. The van der Waals surface area contributed by atoms with Gasteiger partial charge < -0.3 is 19.9 Å². The molecular formula is C26H27N7O3. The lowest BCUT2D eigenvalue weighted by Crippen LogP contribution is -2.41. The molecule has 1 aliphatic heterocycles. The lowest BCUT2D eigenvalue weighted by atomic mass is 9.93. The lowest BCUT2D eigenvalue weighted by molar-refractivity contribution is 0.0203. The molecule has 10 nitrogen and oxygen atoms in total. The number of anilines is 2. The van der Waals surface area contributed by atoms with Crippen LogP contribution in [0.15, 0.2) is 47.4 Å². The molecule has 1 saturated heterocycles. The van der Waals surface area contributed by atoms with Crippen LogP contribution < -0.4 is 10.9 Å². The topological polar surface area (TPSA) is 128 Å². The highest BCUT2D eigenvalue weighted by molar-refractivity contribution is 6.03. The van der Waals surface area contributed by atoms with Gasteiger partial charge in [-0.3, -0.25) is 4.79 Å². The molecule has 4 heterocycles. The van der Waals surface area contributed by atoms with Gasteiger partial charge in [0, 0.05) is 31.3 Å². The van der Waals surface area contributed by atoms with Crippen LogP contribution >= 0.6 is 0 Å². The lowest BCUT2D eigenvalue weighted by Gasteiger charge is -2.33. The van der Waals surface area contributed by atoms with Crippen LogP contribution in [0.5, 0.6) is 0 Å². The third-order valence-electron chi connectivity index (χ3n) is 6.18. The quantitative estimate of drug-likeness (QED) is 0.443. The van der Waals surface area contributed by atoms with E-state index < -0.39 is 5.60 Å². The predicted octanol–water partition coefficient (Wildman–Crippen LogP) is 4.30. The number of benzene rings is 1. The number of ether oxygens (including phenoxy) is 1. The number of H-pyrrole nitrogens is 1. The Labute approximate surface area is 207 Å². The minimum Gasteiger partial charge on any atom is -0.444 e. The number of aromatic amines is 1. The van der Waals surface area contributed by atoms with Gasteiger partial charge in [0.2, 0.25) is 0 Å². The van der Waals surface area contributed by atoms with E-state index in [9.17, 15) is 9.59 Å². The summed E-state index contributed by atoms with van der Waals surface area (Å²) in [6.07, 6.45) is 2.60. The van der Waals surface area contributed by atoms with Crippen LogP contribution in [-0.4, -0.2) is 49.3 Å². The number of hydrogen-bond acceptors (Lipinski definition) is 7. The maximum Gasteiger partial charge on any atom is 0.410 e. The molecular weight excluding hydrogens is 458 g/mol. The normalized spacial score (nSPS) is 14.7. The summed E-state index contributed by atoms with van der Waals surface area (Å²) >= 11 is 0. The molecule has 3 aromatic heterocycles. The monoisotopic (exact) mass is 485 g/mol. The first-order valence-corrected chi connectivity index (χ1v) is 11.9. The van der Waals surface area contributed by atoms with Crippen LogP contribution in [0.4, 0.5) is 16.3 Å². The van der Waals surface area contributed by atoms with Crippen molar-refractivity contribution in [1.82, 2.24) is 24.5 Å². The number of nitrogens with one attached hydrogen (secondary N) is 2. The zero-order chi connectivity index (χ0) is 25.4. The van der Waals surface area contributed by atoms with Crippen LogP contribution in [0.1, 0.15) is 50.8 Å². The summed E-state index contributed by atoms with van der Waals surface area (Å²) in [6.45, 7) is 6.66. The van der Waals surface area contributed by atoms with E-state index in [0.29, 0.717) is 43.0 Å². The minimum absolute atomic E-state index is 0.0689. The molecule has 5 rings (SSSR count). The van der Waals surface area contributed by atoms with Gasteiger partial charge in [0.1, 0.15) is 23.1 Å². The molecule has 0 atom stereocenters. The number of rotatable bonds is 3. The maximum absolute atomic E-state index is 12.7. The van der Waals surface area contributed by atoms with Gasteiger partial charge in [-0.2, -0.15) is 10.4 Å². The molecule has 1 amide bonds. The van der Waals surface area contributed by atoms with Gasteiger partial charge in [0.05, 0.1) is 27.8 Å². The highest BCUT2D eigenvalue weighted by Gasteiger charge is 2.29. The number of piperidine rings is 1. The van der Waals surface area contributed by atoms with E-state index in [-0.39, 0.29) is 17.6 Å². The Bertz CT molecular complexity index is 1530. The van der Waals surface area contributed by atoms with Crippen LogP contribution in [0.2, 0.25) is 0 Å². The first-order valence-electron chi connectivity index (χ1n) is 11.9. The van der Waals surface area contributed by atoms with Crippen molar-refractivity contribution in [3.05, 3.63) is 64.2 Å². The van der Waals surface area contributed by atoms with Gasteiger partial charge in [-0.15, -0.1) is 0 Å². The standard InChI is InChI=1S/C26H27N7O3/c1-26(2,3)36-25(35)32-11-9-17(10-12-32)20-13-22(34)30-24-23-18(5-4-6-19(23)31-33(20)24)29-21-8-7-16(14-27)15-28-21/h4-8,13,15,17H,9-12H2,1-3H3,(H,28,29)(H,30,34). The van der Waals surface area contributed by atoms with Gasteiger partial charge in [0.15, 0.2) is 0 Å². The van der Waals surface area contributed by atoms with E-state index in [4.69, 9.17) is 15.1 Å². The van der Waals surface area contributed by atoms with Crippen LogP contribution in [0, 0.1) is 11.3 Å². The molecule has 2 N–H and O–H groups in total. The predicted molar refractivity (Wildman–Crippen MR) is 135 cm³/mol. The van der Waals surface area contributed by atoms with Crippen molar-refractivity contribution in [3.8, 4) is 6.07 Å². The molecule has 10 heteroatoms. The molecule has 0 aliphatic carbocycles. The number of nitrogens with zero attached hydrogens (tertiary/aromatic N) is 5. The number of hydrogen-bond donors (Lipinski definition) is 2. The fourth-order valence-corrected chi connectivity index (χ4v) is 4.54. The molecule has 0 radical (unpaired) electrons. The third kappa shape index (κ3) is 4.60. The van der Waals surface area contributed by atoms with Crippen LogP contribution in [-0.2, 0) is 4.74 Å². The number of likely N-dealkylation sites (tertiary alicyclic amines) is 1. The first-order chi connectivity index (χ1) is 17.2. The third-order valence-corrected chi connectivity index (χ3v) is 6.18. The summed E-state index contributed by atoms with van der Waals surface area (Å²) in [7, 11) is 0. The Morgan fingerprint density at radius 1 is 1.22 bits per heavy atom. The van der Waals surface area contributed by atoms with Gasteiger partial charge >= 0.3 is 6.09 Å². The van der Waals surface area contributed by atoms with Gasteiger partial charge in [0.25, 0.3) is 5.56 Å². The number of nitriles is 1. The van der Waals surface area contributed by atoms with Crippen LogP contribution in [0.3, 0.4) is 0 Å². The summed E-state index contributed by atoms with van der Waals surface area (Å²) < 4.78 is 7.31. The second-order valence-corrected chi connectivity index (χ2v) is 9.93. The highest BCUT2D eigenvalue weighted by Crippen LogP contribution is 2.32. The Hall–Kier alpha value is -4.39. The molecule has 1 fully saturated rings. The summed E-state index contributed by atoms with van der Waals surface area (Å²) in [5.41, 5.74) is 2.60. The number of fused-ring (bicyclic) bond motifs is 3. The van der Waals surface area contributed by atoms with Crippen LogP contribution in [0.25, 0.3) is 16.6 Å². The number of carbonyl (C=O) groups excluding carboxylic acids is 1. The summed E-state index contributed by atoms with van der Waals surface area (Å²) in [6, 6.07) is 12.8. The van der Waals surface area contributed by atoms with Crippen molar-refractivity contribution in [3.63, 3.8) is 0 Å². The second kappa shape index (κ2) is 9.00. The van der Waals surface area contributed by atoms with E-state index in [0.717, 1.165) is 22.3 Å². The molecule has 1 aromatic carbocycles. The summed E-state index contributed by atoms with van der Waals surface area (Å²) in [5.74, 6) is 0.647. The Morgan fingerprint density at radius 3 is 2.67 bits per heavy atom. The Morgan fingerprint density at radius 2 is 2.00 bits per heavy atom. The van der Waals surface area contributed by atoms with Crippen molar-refractivity contribution in [2.75, 3.05) is 18.4 Å². The van der Waals surface area contributed by atoms with Gasteiger partial charge in [-0.25, -0.2) is 14.3 Å². The fraction of sp³-hybridized carbons (Fsp3) is 0.346. The maximum atomic E-state index is 12.7. The van der Waals surface area contributed by atoms with Gasteiger partial charge in [-0.05, 0) is 57.9 Å². The zero-order valence-electron chi connectivity index (χ0n) is 20.4. The number of pyridine rings is 1. The smallest absolute Gasteiger partial charge is 0.410 e. The van der Waals surface area contributed by atoms with Crippen molar-refractivity contribution < 1.29 is 9.53 Å². The molecule has 36 heavy (non-hydrogen) atoms. The Kier molecular flexibility index (Phi) is 5.84. The van der Waals surface area contributed by atoms with E-state index in [1.807, 2.05) is 39.0 Å². The molecule has 0 saturated carbocycles. The van der Waals surface area contributed by atoms with Crippen molar-refractivity contribution in [2.24, 2.45) is 0 Å². The molecule has 0 spiro atoms. The van der Waals surface area contributed by atoms with E-state index in [1.165, 1.54) is 6.20 Å². The highest BCUT2D eigenvalue weighted by atomic mass is 16.6. The number of aromatic nitrogens is 4. The summed E-state index contributed by atoms with van der Waals surface area (Å²) in [5, 5.41) is 17.9. The van der Waals surface area contributed by atoms with E-state index >= 15 is 0 Å². The average Bonchev–Trinajstić information content (AvgIpc) is 3.22. The minimum atomic E-state index is -0.541. The Balaban J connectivity index is 1.47. The number of amides is 1. The van der Waals surface area contributed by atoms with E-state index in [2.05, 4.69) is 21.4 Å². The first kappa shape index (κ1) is 23.4. The SMILES string of the molecule is CC(C)(C)OC(=O)N1CCC(c2cc(=O)[nH]c3c4c(Nc5ccc(C#N)cn5)cccc4nn23)CC1. The fourth-order valence-electron chi connectivity index (χ4n) is 4.54. The van der Waals surface area contributed by atoms with Crippen molar-refractivity contribution in [1.29, 1.82) is 5.26 Å². The second-order valence-electron chi connectivity index (χ2n) is 9.93. The summed E-state index contributed by atoms with van der Waals surface area (Å²) in [4.78, 5) is 34.1. The molecule has 1 aliphatic rings. The molecule has 4 aromatic rings. The largest absolute Gasteiger partial charge is 0.444 e. The van der Waals surface area contributed by atoms with Crippen molar-refractivity contribution >= 4 is 34.1 Å². The van der Waals surface area contributed by atoms with Crippen molar-refractivity contribution in [2.45, 2.75) is 45.1 Å². The average molecular weight is 486 g/mol. The van der Waals surface area contributed by atoms with Gasteiger partial charge in [-0.1, -0.05) is 6.07 Å². The van der Waals surface area contributed by atoms with E-state index in [1.54, 1.807) is 27.6 Å².